The summed E-state index contributed by atoms with van der Waals surface area (Å²) >= 11 is 0. The largest absolute Gasteiger partial charge is 0.383 e. The summed E-state index contributed by atoms with van der Waals surface area (Å²) in [6, 6.07) is 9.82. The summed E-state index contributed by atoms with van der Waals surface area (Å²) in [5.74, 6) is -0.269. The summed E-state index contributed by atoms with van der Waals surface area (Å²) in [4.78, 5) is 25.6. The van der Waals surface area contributed by atoms with Gasteiger partial charge in [-0.15, -0.1) is 0 Å². The van der Waals surface area contributed by atoms with E-state index < -0.39 is 0 Å². The number of rotatable bonds is 6. The van der Waals surface area contributed by atoms with Crippen molar-refractivity contribution in [3.8, 4) is 0 Å². The van der Waals surface area contributed by atoms with E-state index >= 15 is 0 Å². The fourth-order valence-corrected chi connectivity index (χ4v) is 2.33. The number of hydrogen-bond acceptors (Lipinski definition) is 3. The van der Waals surface area contributed by atoms with Crippen molar-refractivity contribution < 1.29 is 14.3 Å². The van der Waals surface area contributed by atoms with Crippen LogP contribution in [0.1, 0.15) is 12.0 Å². The van der Waals surface area contributed by atoms with Crippen LogP contribution < -0.4 is 5.32 Å². The summed E-state index contributed by atoms with van der Waals surface area (Å²) in [6.45, 7) is 2.03. The van der Waals surface area contributed by atoms with Crippen LogP contribution >= 0.6 is 0 Å². The number of methoxy groups -OCH3 is 1. The van der Waals surface area contributed by atoms with E-state index in [0.29, 0.717) is 32.7 Å². The Bertz CT molecular complexity index is 461. The van der Waals surface area contributed by atoms with Gasteiger partial charge in [0.15, 0.2) is 0 Å². The molecule has 0 radical (unpaired) electrons. The summed E-state index contributed by atoms with van der Waals surface area (Å²) in [5, 5.41) is 2.79. The van der Waals surface area contributed by atoms with Gasteiger partial charge in [0.25, 0.3) is 0 Å². The highest BCUT2D eigenvalue weighted by Gasteiger charge is 2.33. The van der Waals surface area contributed by atoms with E-state index in [2.05, 4.69) is 5.32 Å². The zero-order chi connectivity index (χ0) is 14.4. The lowest BCUT2D eigenvalue weighted by atomic mass is 10.1. The van der Waals surface area contributed by atoms with Gasteiger partial charge in [0.05, 0.1) is 12.5 Å². The van der Waals surface area contributed by atoms with Crippen molar-refractivity contribution in [1.29, 1.82) is 0 Å². The van der Waals surface area contributed by atoms with Crippen molar-refractivity contribution in [2.75, 3.05) is 26.8 Å². The van der Waals surface area contributed by atoms with Crippen molar-refractivity contribution in [3.05, 3.63) is 35.9 Å². The molecular formula is C15H20N2O3. The fourth-order valence-electron chi connectivity index (χ4n) is 2.33. The van der Waals surface area contributed by atoms with E-state index in [1.807, 2.05) is 30.3 Å². The van der Waals surface area contributed by atoms with E-state index in [-0.39, 0.29) is 17.7 Å². The molecular weight excluding hydrogens is 256 g/mol. The van der Waals surface area contributed by atoms with Gasteiger partial charge in [0.1, 0.15) is 0 Å². The summed E-state index contributed by atoms with van der Waals surface area (Å²) in [5.41, 5.74) is 1.08. The molecule has 1 unspecified atom stereocenters. The number of carbonyl (C=O) groups is 2. The lowest BCUT2D eigenvalue weighted by molar-refractivity contribution is -0.129. The van der Waals surface area contributed by atoms with Gasteiger partial charge in [-0.3, -0.25) is 9.59 Å². The predicted octanol–water partition coefficient (Wildman–Crippen LogP) is 0.798. The highest BCUT2D eigenvalue weighted by atomic mass is 16.5. The minimum absolute atomic E-state index is 0.0424. The van der Waals surface area contributed by atoms with Crippen LogP contribution in [-0.2, 0) is 20.9 Å². The molecule has 0 aliphatic carbocycles. The smallest absolute Gasteiger partial charge is 0.225 e. The standard InChI is InChI=1S/C15H20N2O3/c1-20-8-7-16-15(19)13-9-14(18)17(11-13)10-12-5-3-2-4-6-12/h2-6,13H,7-11H2,1H3,(H,16,19). The Hall–Kier alpha value is -1.88. The third-order valence-electron chi connectivity index (χ3n) is 3.41. The molecule has 1 fully saturated rings. The number of amides is 2. The van der Waals surface area contributed by atoms with Gasteiger partial charge in [-0.2, -0.15) is 0 Å². The Kier molecular flexibility index (Phi) is 5.12. The van der Waals surface area contributed by atoms with Gasteiger partial charge in [0.2, 0.25) is 11.8 Å². The van der Waals surface area contributed by atoms with Crippen LogP contribution in [0.15, 0.2) is 30.3 Å². The molecule has 0 aromatic heterocycles. The first-order valence-corrected chi connectivity index (χ1v) is 6.79. The van der Waals surface area contributed by atoms with Gasteiger partial charge in [-0.05, 0) is 5.56 Å². The first-order valence-electron chi connectivity index (χ1n) is 6.79. The average molecular weight is 276 g/mol. The van der Waals surface area contributed by atoms with E-state index in [1.165, 1.54) is 0 Å². The Morgan fingerprint density at radius 2 is 2.15 bits per heavy atom. The number of nitrogens with one attached hydrogen (secondary N) is 1. The molecule has 0 bridgehead atoms. The second-order valence-electron chi connectivity index (χ2n) is 4.94. The highest BCUT2D eigenvalue weighted by Crippen LogP contribution is 2.20. The Morgan fingerprint density at radius 3 is 2.85 bits per heavy atom. The molecule has 2 amide bonds. The molecule has 1 heterocycles. The molecule has 0 spiro atoms. The Labute approximate surface area is 118 Å². The third kappa shape index (κ3) is 3.81. The number of ether oxygens (including phenoxy) is 1. The van der Waals surface area contributed by atoms with Gasteiger partial charge >= 0.3 is 0 Å². The highest BCUT2D eigenvalue weighted by molar-refractivity contribution is 5.89. The minimum Gasteiger partial charge on any atom is -0.383 e. The SMILES string of the molecule is COCCNC(=O)C1CC(=O)N(Cc2ccccc2)C1. The lowest BCUT2D eigenvalue weighted by Crippen LogP contribution is -2.34. The quantitative estimate of drug-likeness (QED) is 0.782. The molecule has 5 heteroatoms. The number of carbonyl (C=O) groups excluding carboxylic acids is 2. The molecule has 1 aromatic carbocycles. The van der Waals surface area contributed by atoms with Crippen LogP contribution in [0.2, 0.25) is 0 Å². The summed E-state index contributed by atoms with van der Waals surface area (Å²) in [6.07, 6.45) is 0.297. The van der Waals surface area contributed by atoms with Crippen LogP contribution in [0.3, 0.4) is 0 Å². The van der Waals surface area contributed by atoms with Crippen LogP contribution in [0.5, 0.6) is 0 Å². The summed E-state index contributed by atoms with van der Waals surface area (Å²) in [7, 11) is 1.59. The second kappa shape index (κ2) is 7.05. The third-order valence-corrected chi connectivity index (χ3v) is 3.41. The van der Waals surface area contributed by atoms with Crippen molar-refractivity contribution in [2.45, 2.75) is 13.0 Å². The van der Waals surface area contributed by atoms with Gasteiger partial charge in [-0.1, -0.05) is 30.3 Å². The minimum atomic E-state index is -0.247. The van der Waals surface area contributed by atoms with Crippen LogP contribution in [0, 0.1) is 5.92 Å². The molecule has 20 heavy (non-hydrogen) atoms. The van der Waals surface area contributed by atoms with E-state index in [1.54, 1.807) is 12.0 Å². The molecule has 1 aliphatic heterocycles. The van der Waals surface area contributed by atoms with Gasteiger partial charge < -0.3 is 15.0 Å². The second-order valence-corrected chi connectivity index (χ2v) is 4.94. The average Bonchev–Trinajstić information content (AvgIpc) is 2.82. The normalized spacial score (nSPS) is 18.4. The predicted molar refractivity (Wildman–Crippen MR) is 74.9 cm³/mol. The van der Waals surface area contributed by atoms with E-state index in [0.717, 1.165) is 5.56 Å². The van der Waals surface area contributed by atoms with Gasteiger partial charge in [0, 0.05) is 33.2 Å². The molecule has 5 nitrogen and oxygen atoms in total. The van der Waals surface area contributed by atoms with E-state index in [4.69, 9.17) is 4.74 Å². The first kappa shape index (κ1) is 14.5. The maximum atomic E-state index is 11.9. The molecule has 1 atom stereocenters. The molecule has 2 rings (SSSR count). The molecule has 0 saturated carbocycles. The van der Waals surface area contributed by atoms with Crippen LogP contribution in [0.25, 0.3) is 0 Å². The molecule has 1 saturated heterocycles. The van der Waals surface area contributed by atoms with Crippen molar-refractivity contribution >= 4 is 11.8 Å². The van der Waals surface area contributed by atoms with Crippen LogP contribution in [-0.4, -0.2) is 43.5 Å². The maximum Gasteiger partial charge on any atom is 0.225 e. The Balaban J connectivity index is 1.85. The topological polar surface area (TPSA) is 58.6 Å². The Morgan fingerprint density at radius 1 is 1.40 bits per heavy atom. The zero-order valence-corrected chi connectivity index (χ0v) is 11.7. The molecule has 1 aliphatic rings. The number of benzene rings is 1. The lowest BCUT2D eigenvalue weighted by Gasteiger charge is -2.16. The summed E-state index contributed by atoms with van der Waals surface area (Å²) < 4.78 is 4.88. The number of likely N-dealkylation sites (tertiary alicyclic amines) is 1. The van der Waals surface area contributed by atoms with E-state index in [9.17, 15) is 9.59 Å². The maximum absolute atomic E-state index is 11.9. The monoisotopic (exact) mass is 276 g/mol. The van der Waals surface area contributed by atoms with Crippen molar-refractivity contribution in [3.63, 3.8) is 0 Å². The molecule has 1 aromatic rings. The zero-order valence-electron chi connectivity index (χ0n) is 11.7. The van der Waals surface area contributed by atoms with Crippen molar-refractivity contribution in [2.24, 2.45) is 5.92 Å². The molecule has 108 valence electrons. The first-order chi connectivity index (χ1) is 9.70. The van der Waals surface area contributed by atoms with Crippen molar-refractivity contribution in [1.82, 2.24) is 10.2 Å². The van der Waals surface area contributed by atoms with Gasteiger partial charge in [-0.25, -0.2) is 0 Å². The number of hydrogen-bond donors (Lipinski definition) is 1. The number of nitrogens with zero attached hydrogens (tertiary/aromatic N) is 1. The van der Waals surface area contributed by atoms with Crippen LogP contribution in [0.4, 0.5) is 0 Å². The fraction of sp³-hybridized carbons (Fsp3) is 0.467. The molecule has 1 N–H and O–H groups in total.